The summed E-state index contributed by atoms with van der Waals surface area (Å²) in [5.74, 6) is -2.89. The van der Waals surface area contributed by atoms with E-state index < -0.39 is 47.1 Å². The van der Waals surface area contributed by atoms with Crippen molar-refractivity contribution in [1.29, 1.82) is 0 Å². The third kappa shape index (κ3) is 15.4. The number of likely N-dealkylation sites (tertiary alicyclic amines) is 1. The Morgan fingerprint density at radius 3 is 2.20 bits per heavy atom. The Hall–Kier alpha value is -7.11. The zero-order valence-electron chi connectivity index (χ0n) is 44.2. The molecule has 22 heteroatoms. The van der Waals surface area contributed by atoms with Crippen LogP contribution in [0.1, 0.15) is 65.5 Å². The SMILES string of the molecule is Cc1ncsc1-c1ccc(CNC(=O)[C@@H]2C[C@@H](O)CN2C(=O)[C@@H](NC(=O)COCCOCCOCCOCCNC(=O)c2ccc(Nc3ncc4c(n3)-c3ccc(Cl)cc3C(c3c(F)cccc3F)=NC4)cc2)C(C)(C)C)cc1. The van der Waals surface area contributed by atoms with E-state index in [2.05, 4.69) is 36.2 Å². The van der Waals surface area contributed by atoms with E-state index in [0.29, 0.717) is 58.5 Å². The van der Waals surface area contributed by atoms with Gasteiger partial charge in [-0.3, -0.25) is 24.2 Å². The number of aliphatic hydroxyl groups excluding tert-OH is 1. The number of β-amino-alcohol motifs (C(OH)–C–C–N with tert-alkyl or cyclic N) is 1. The molecular weight excluding hydrogens is 1060 g/mol. The molecule has 416 valence electrons. The average Bonchev–Trinajstić information content (AvgIpc) is 4.13. The second kappa shape index (κ2) is 27.2. The van der Waals surface area contributed by atoms with E-state index in [1.54, 1.807) is 65.5 Å². The van der Waals surface area contributed by atoms with Gasteiger partial charge in [-0.25, -0.2) is 23.7 Å². The molecule has 0 unspecified atom stereocenters. The molecule has 2 aliphatic heterocycles. The van der Waals surface area contributed by atoms with Crippen LogP contribution in [0.25, 0.3) is 21.7 Å². The highest BCUT2D eigenvalue weighted by atomic mass is 35.5. The molecule has 18 nitrogen and oxygen atoms in total. The Balaban J connectivity index is 0.672. The van der Waals surface area contributed by atoms with Crippen LogP contribution < -0.4 is 21.3 Å². The first kappa shape index (κ1) is 58.0. The molecule has 5 N–H and O–H groups in total. The van der Waals surface area contributed by atoms with Gasteiger partial charge < -0.3 is 50.2 Å². The van der Waals surface area contributed by atoms with Crippen molar-refractivity contribution in [3.8, 4) is 21.7 Å². The summed E-state index contributed by atoms with van der Waals surface area (Å²) in [6, 6.07) is 21.4. The molecule has 79 heavy (non-hydrogen) atoms. The number of aromatic nitrogens is 3. The number of hydrogen-bond donors (Lipinski definition) is 5. The van der Waals surface area contributed by atoms with Gasteiger partial charge in [-0.2, -0.15) is 0 Å². The number of ether oxygens (including phenoxy) is 4. The highest BCUT2D eigenvalue weighted by Crippen LogP contribution is 2.35. The molecule has 3 atom stereocenters. The van der Waals surface area contributed by atoms with Gasteiger partial charge in [-0.15, -0.1) is 11.3 Å². The van der Waals surface area contributed by atoms with Gasteiger partial charge in [0.05, 0.1) is 91.9 Å². The lowest BCUT2D eigenvalue weighted by Gasteiger charge is -2.35. The van der Waals surface area contributed by atoms with Crippen LogP contribution in [-0.2, 0) is 46.4 Å². The lowest BCUT2D eigenvalue weighted by molar-refractivity contribution is -0.144. The number of thiazole rings is 1. The van der Waals surface area contributed by atoms with E-state index in [1.807, 2.05) is 52.0 Å². The lowest BCUT2D eigenvalue weighted by Crippen LogP contribution is -2.58. The molecule has 0 saturated carbocycles. The van der Waals surface area contributed by atoms with Crippen LogP contribution in [-0.4, -0.2) is 138 Å². The quantitative estimate of drug-likeness (QED) is 0.0378. The van der Waals surface area contributed by atoms with Crippen LogP contribution in [0.5, 0.6) is 0 Å². The lowest BCUT2D eigenvalue weighted by atomic mass is 9.85. The average molecular weight is 1120 g/mol. The molecule has 1 saturated heterocycles. The van der Waals surface area contributed by atoms with Gasteiger partial charge in [0, 0.05) is 65.2 Å². The predicted octanol–water partition coefficient (Wildman–Crippen LogP) is 7.21. The number of nitrogens with zero attached hydrogens (tertiary/aromatic N) is 5. The Bertz CT molecular complexity index is 3120. The largest absolute Gasteiger partial charge is 0.391 e. The molecule has 4 aromatic carbocycles. The molecule has 2 aliphatic rings. The summed E-state index contributed by atoms with van der Waals surface area (Å²) in [6.45, 7) is 9.38. The molecule has 0 bridgehead atoms. The van der Waals surface area contributed by atoms with Crippen molar-refractivity contribution in [2.24, 2.45) is 10.4 Å². The summed E-state index contributed by atoms with van der Waals surface area (Å²) in [5, 5.41) is 22.6. The number of halogens is 3. The first-order valence-corrected chi connectivity index (χ1v) is 27.0. The number of amides is 4. The van der Waals surface area contributed by atoms with Gasteiger partial charge in [-0.1, -0.05) is 68.8 Å². The van der Waals surface area contributed by atoms with Crippen molar-refractivity contribution in [1.82, 2.24) is 35.8 Å². The smallest absolute Gasteiger partial charge is 0.251 e. The Morgan fingerprint density at radius 1 is 0.848 bits per heavy atom. The normalized spacial score (nSPS) is 15.3. The van der Waals surface area contributed by atoms with Gasteiger partial charge in [0.15, 0.2) is 0 Å². The summed E-state index contributed by atoms with van der Waals surface area (Å²) < 4.78 is 52.1. The van der Waals surface area contributed by atoms with Crippen LogP contribution >= 0.6 is 22.9 Å². The molecule has 6 aromatic rings. The number of carbonyl (C=O) groups is 4. The van der Waals surface area contributed by atoms with Gasteiger partial charge in [-0.05, 0) is 72.0 Å². The number of anilines is 2. The number of carbonyl (C=O) groups excluding carboxylic acids is 4. The summed E-state index contributed by atoms with van der Waals surface area (Å²) in [4.78, 5) is 73.7. The monoisotopic (exact) mass is 1120 g/mol. The maximum absolute atomic E-state index is 15.0. The molecule has 8 rings (SSSR count). The van der Waals surface area contributed by atoms with Crippen molar-refractivity contribution in [2.45, 2.75) is 65.4 Å². The topological polar surface area (TPSA) is 228 Å². The summed E-state index contributed by atoms with van der Waals surface area (Å²) in [7, 11) is 0. The summed E-state index contributed by atoms with van der Waals surface area (Å²) in [6.07, 6.45) is 0.797. The van der Waals surface area contributed by atoms with Crippen molar-refractivity contribution in [3.05, 3.63) is 147 Å². The standard InChI is InChI=1S/C57H62ClF2N9O9S/c1-34-51(79-33-65-34)36-10-8-35(9-11-36)28-63-54(73)46-27-41(70)31-69(46)55(74)52(57(2,3)4)67-47(71)32-78-25-24-77-23-22-76-21-20-75-19-18-61-53(72)37-12-15-40(16-13-37)66-56-64-30-38-29-62-50(48-44(59)6-5-7-45(48)60)43-26-39(58)14-17-42(43)49(38)68-56/h5-17,26,30,33,41,46,52,70H,18-25,27-29,31-32H2,1-4H3,(H,61,72)(H,63,73)(H,67,71)(H,64,66,68)/t41-,46+,52-/m1/s1. The zero-order valence-corrected chi connectivity index (χ0v) is 45.7. The number of benzene rings is 4. The number of aryl methyl sites for hydroxylation is 1. The second-order valence-corrected chi connectivity index (χ2v) is 21.1. The number of nitrogens with one attached hydrogen (secondary N) is 4. The van der Waals surface area contributed by atoms with E-state index in [4.69, 9.17) is 35.5 Å². The van der Waals surface area contributed by atoms with Crippen LogP contribution in [0.3, 0.4) is 0 Å². The summed E-state index contributed by atoms with van der Waals surface area (Å²) >= 11 is 7.91. The molecule has 4 amide bonds. The van der Waals surface area contributed by atoms with E-state index in [-0.39, 0.29) is 94.7 Å². The highest BCUT2D eigenvalue weighted by molar-refractivity contribution is 7.13. The second-order valence-electron chi connectivity index (χ2n) is 19.8. The first-order valence-electron chi connectivity index (χ1n) is 25.7. The molecule has 1 fully saturated rings. The van der Waals surface area contributed by atoms with E-state index in [9.17, 15) is 33.1 Å². The van der Waals surface area contributed by atoms with E-state index in [0.717, 1.165) is 21.7 Å². The van der Waals surface area contributed by atoms with Gasteiger partial charge in [0.1, 0.15) is 30.3 Å². The highest BCUT2D eigenvalue weighted by Gasteiger charge is 2.44. The summed E-state index contributed by atoms with van der Waals surface area (Å²) in [5.41, 5.74) is 7.06. The maximum atomic E-state index is 15.0. The van der Waals surface area contributed by atoms with Crippen LogP contribution in [0, 0.1) is 24.0 Å². The molecule has 4 heterocycles. The van der Waals surface area contributed by atoms with Gasteiger partial charge >= 0.3 is 0 Å². The molecule has 0 spiro atoms. The minimum atomic E-state index is -0.991. The number of aliphatic hydroxyl groups is 1. The van der Waals surface area contributed by atoms with Crippen LogP contribution in [0.4, 0.5) is 20.4 Å². The zero-order chi connectivity index (χ0) is 56.1. The van der Waals surface area contributed by atoms with E-state index >= 15 is 0 Å². The van der Waals surface area contributed by atoms with Crippen molar-refractivity contribution in [3.63, 3.8) is 0 Å². The van der Waals surface area contributed by atoms with Crippen molar-refractivity contribution >= 4 is 63.9 Å². The fraction of sp³-hybridized carbons (Fsp3) is 0.368. The molecule has 2 aromatic heterocycles. The number of hydrogen-bond acceptors (Lipinski definition) is 15. The number of fused-ring (bicyclic) bond motifs is 3. The van der Waals surface area contributed by atoms with Gasteiger partial charge in [0.25, 0.3) is 5.91 Å². The predicted molar refractivity (Wildman–Crippen MR) is 295 cm³/mol. The molecule has 0 aliphatic carbocycles. The van der Waals surface area contributed by atoms with Crippen LogP contribution in [0.2, 0.25) is 5.02 Å². The van der Waals surface area contributed by atoms with Crippen LogP contribution in [0.15, 0.2) is 102 Å². The minimum Gasteiger partial charge on any atom is -0.391 e. The Labute approximate surface area is 465 Å². The maximum Gasteiger partial charge on any atom is 0.251 e. The molecule has 0 radical (unpaired) electrons. The third-order valence-corrected chi connectivity index (χ3v) is 14.2. The van der Waals surface area contributed by atoms with Crippen molar-refractivity contribution < 1.29 is 52.0 Å². The Morgan fingerprint density at radius 2 is 1.53 bits per heavy atom. The minimum absolute atomic E-state index is 0.0364. The Kier molecular flexibility index (Phi) is 20.0. The third-order valence-electron chi connectivity index (χ3n) is 13.0. The van der Waals surface area contributed by atoms with Gasteiger partial charge in [0.2, 0.25) is 23.7 Å². The first-order chi connectivity index (χ1) is 38.0. The van der Waals surface area contributed by atoms with E-state index in [1.165, 1.54) is 23.1 Å². The number of aliphatic imine (C=N–C) groups is 1. The number of rotatable bonds is 24. The molecular formula is C57H62ClF2N9O9S. The van der Waals surface area contributed by atoms with Crippen molar-refractivity contribution in [2.75, 3.05) is 71.3 Å². The fourth-order valence-electron chi connectivity index (χ4n) is 8.90. The fourth-order valence-corrected chi connectivity index (χ4v) is 9.89.